The van der Waals surface area contributed by atoms with Crippen LogP contribution in [-0.4, -0.2) is 12.1 Å². The van der Waals surface area contributed by atoms with Crippen LogP contribution in [0.15, 0.2) is 12.1 Å². The molecule has 0 aliphatic heterocycles. The predicted octanol–water partition coefficient (Wildman–Crippen LogP) is 3.28. The first-order chi connectivity index (χ1) is 7.82. The molecule has 17 heavy (non-hydrogen) atoms. The fraction of sp³-hybridized carbons (Fsp3) is 0.333. The Morgan fingerprint density at radius 1 is 1.35 bits per heavy atom. The number of hydrogen-bond donors (Lipinski definition) is 0. The van der Waals surface area contributed by atoms with Gasteiger partial charge in [-0.05, 0) is 25.0 Å². The molecule has 0 radical (unpaired) electrons. The molecule has 0 amide bonds. The zero-order valence-corrected chi connectivity index (χ0v) is 9.39. The van der Waals surface area contributed by atoms with Gasteiger partial charge in [-0.2, -0.15) is 13.2 Å². The number of halogens is 3. The van der Waals surface area contributed by atoms with Crippen molar-refractivity contribution >= 4 is 12.1 Å². The second-order valence-electron chi connectivity index (χ2n) is 3.59. The average Bonchev–Trinajstić information content (AvgIpc) is 2.25. The van der Waals surface area contributed by atoms with Crippen LogP contribution in [0, 0.1) is 0 Å². The van der Waals surface area contributed by atoms with E-state index in [9.17, 15) is 22.8 Å². The normalized spacial score (nSPS) is 11.4. The molecule has 0 spiro atoms. The van der Waals surface area contributed by atoms with E-state index in [0.29, 0.717) is 12.0 Å². The van der Waals surface area contributed by atoms with E-state index in [1.807, 2.05) is 0 Å². The first-order valence-corrected chi connectivity index (χ1v) is 5.02. The van der Waals surface area contributed by atoms with Gasteiger partial charge in [0.05, 0.1) is 5.56 Å². The lowest BCUT2D eigenvalue weighted by atomic mass is 9.92. The van der Waals surface area contributed by atoms with Gasteiger partial charge in [0.1, 0.15) is 0 Å². The molecule has 2 nitrogen and oxygen atoms in total. The average molecular weight is 244 g/mol. The summed E-state index contributed by atoms with van der Waals surface area (Å²) < 4.78 is 37.9. The molecule has 0 fully saturated rings. The highest BCUT2D eigenvalue weighted by Crippen LogP contribution is 2.34. The number of benzene rings is 1. The van der Waals surface area contributed by atoms with Gasteiger partial charge in [-0.1, -0.05) is 13.0 Å². The maximum absolute atomic E-state index is 12.6. The Morgan fingerprint density at radius 2 is 1.94 bits per heavy atom. The number of rotatable bonds is 3. The van der Waals surface area contributed by atoms with Gasteiger partial charge in [0.2, 0.25) is 0 Å². The molecule has 0 bridgehead atoms. The number of Topliss-reactive ketones (excluding diaryl/α,β-unsaturated/α-hetero) is 1. The zero-order chi connectivity index (χ0) is 13.2. The molecule has 92 valence electrons. The molecule has 0 saturated carbocycles. The first-order valence-electron chi connectivity index (χ1n) is 5.02. The summed E-state index contributed by atoms with van der Waals surface area (Å²) in [5, 5.41) is 0. The summed E-state index contributed by atoms with van der Waals surface area (Å²) in [6, 6.07) is 2.08. The molecule has 0 aromatic heterocycles. The number of carbonyl (C=O) groups excluding carboxylic acids is 2. The van der Waals surface area contributed by atoms with Crippen molar-refractivity contribution in [3.8, 4) is 0 Å². The SMILES string of the molecule is CCc1ccc(C(F)(F)F)c(C=O)c1C(C)=O. The Hall–Kier alpha value is -1.65. The number of alkyl halides is 3. The highest BCUT2D eigenvalue weighted by molar-refractivity contribution is 6.03. The Labute approximate surface area is 96.4 Å². The summed E-state index contributed by atoms with van der Waals surface area (Å²) in [7, 11) is 0. The van der Waals surface area contributed by atoms with Crippen LogP contribution in [0.5, 0.6) is 0 Å². The molecule has 0 N–H and O–H groups in total. The zero-order valence-electron chi connectivity index (χ0n) is 9.39. The third kappa shape index (κ3) is 2.54. The van der Waals surface area contributed by atoms with E-state index in [1.165, 1.54) is 6.07 Å². The van der Waals surface area contributed by atoms with Crippen molar-refractivity contribution in [2.45, 2.75) is 26.4 Å². The molecule has 0 aliphatic rings. The molecule has 1 aromatic carbocycles. The van der Waals surface area contributed by atoms with E-state index < -0.39 is 23.1 Å². The van der Waals surface area contributed by atoms with Crippen molar-refractivity contribution in [1.82, 2.24) is 0 Å². The monoisotopic (exact) mass is 244 g/mol. The van der Waals surface area contributed by atoms with Crippen LogP contribution >= 0.6 is 0 Å². The van der Waals surface area contributed by atoms with Gasteiger partial charge in [0, 0.05) is 11.1 Å². The van der Waals surface area contributed by atoms with E-state index in [4.69, 9.17) is 0 Å². The van der Waals surface area contributed by atoms with Gasteiger partial charge in [0.25, 0.3) is 0 Å². The Balaban J connectivity index is 3.64. The highest BCUT2D eigenvalue weighted by atomic mass is 19.4. The minimum Gasteiger partial charge on any atom is -0.298 e. The maximum atomic E-state index is 12.6. The fourth-order valence-electron chi connectivity index (χ4n) is 1.74. The number of ketones is 1. The standard InChI is InChI=1S/C12H11F3O2/c1-3-8-4-5-10(12(13,14)15)9(6-16)11(8)7(2)17/h4-6H,3H2,1-2H3. The van der Waals surface area contributed by atoms with E-state index in [-0.39, 0.29) is 11.8 Å². The molecule has 0 atom stereocenters. The van der Waals surface area contributed by atoms with Gasteiger partial charge in [-0.25, -0.2) is 0 Å². The number of aryl methyl sites for hydroxylation is 1. The van der Waals surface area contributed by atoms with Crippen molar-refractivity contribution in [2.24, 2.45) is 0 Å². The molecular formula is C12H11F3O2. The van der Waals surface area contributed by atoms with Gasteiger partial charge in [-0.3, -0.25) is 9.59 Å². The highest BCUT2D eigenvalue weighted by Gasteiger charge is 2.35. The van der Waals surface area contributed by atoms with E-state index in [0.717, 1.165) is 13.0 Å². The third-order valence-corrected chi connectivity index (χ3v) is 2.49. The van der Waals surface area contributed by atoms with Crippen LogP contribution in [0.2, 0.25) is 0 Å². The topological polar surface area (TPSA) is 34.1 Å². The summed E-state index contributed by atoms with van der Waals surface area (Å²) in [5.41, 5.74) is -1.30. The van der Waals surface area contributed by atoms with Crippen molar-refractivity contribution in [3.63, 3.8) is 0 Å². The summed E-state index contributed by atoms with van der Waals surface area (Å²) in [4.78, 5) is 22.2. The lowest BCUT2D eigenvalue weighted by Crippen LogP contribution is -2.14. The molecule has 0 unspecified atom stereocenters. The predicted molar refractivity (Wildman–Crippen MR) is 56.2 cm³/mol. The lowest BCUT2D eigenvalue weighted by molar-refractivity contribution is -0.137. The fourth-order valence-corrected chi connectivity index (χ4v) is 1.74. The summed E-state index contributed by atoms with van der Waals surface area (Å²) in [5.74, 6) is -0.532. The van der Waals surface area contributed by atoms with E-state index in [1.54, 1.807) is 6.92 Å². The molecule has 1 aromatic rings. The Kier molecular flexibility index (Phi) is 3.70. The summed E-state index contributed by atoms with van der Waals surface area (Å²) in [6.07, 6.45) is -4.14. The number of aldehydes is 1. The number of hydrogen-bond acceptors (Lipinski definition) is 2. The quantitative estimate of drug-likeness (QED) is 0.604. The van der Waals surface area contributed by atoms with Crippen LogP contribution in [0.1, 0.15) is 45.7 Å². The van der Waals surface area contributed by atoms with Crippen molar-refractivity contribution in [1.29, 1.82) is 0 Å². The summed E-state index contributed by atoms with van der Waals surface area (Å²) >= 11 is 0. The number of carbonyl (C=O) groups is 2. The van der Waals surface area contributed by atoms with Crippen LogP contribution in [-0.2, 0) is 12.6 Å². The molecular weight excluding hydrogens is 233 g/mol. The molecule has 0 heterocycles. The molecule has 5 heteroatoms. The minimum absolute atomic E-state index is 0.0959. The second-order valence-corrected chi connectivity index (χ2v) is 3.59. The maximum Gasteiger partial charge on any atom is 0.417 e. The minimum atomic E-state index is -4.63. The van der Waals surface area contributed by atoms with Gasteiger partial charge in [0.15, 0.2) is 12.1 Å². The van der Waals surface area contributed by atoms with Gasteiger partial charge >= 0.3 is 6.18 Å². The Bertz CT molecular complexity index is 462. The second kappa shape index (κ2) is 4.69. The van der Waals surface area contributed by atoms with Gasteiger partial charge < -0.3 is 0 Å². The third-order valence-electron chi connectivity index (χ3n) is 2.49. The molecule has 1 rings (SSSR count). The first kappa shape index (κ1) is 13.4. The largest absolute Gasteiger partial charge is 0.417 e. The van der Waals surface area contributed by atoms with Crippen LogP contribution in [0.4, 0.5) is 13.2 Å². The summed E-state index contributed by atoms with van der Waals surface area (Å²) in [6.45, 7) is 2.87. The van der Waals surface area contributed by atoms with E-state index in [2.05, 4.69) is 0 Å². The van der Waals surface area contributed by atoms with E-state index >= 15 is 0 Å². The Morgan fingerprint density at radius 3 is 2.29 bits per heavy atom. The molecule has 0 saturated heterocycles. The molecule has 0 aliphatic carbocycles. The smallest absolute Gasteiger partial charge is 0.298 e. The van der Waals surface area contributed by atoms with Crippen molar-refractivity contribution in [2.75, 3.05) is 0 Å². The van der Waals surface area contributed by atoms with Gasteiger partial charge in [-0.15, -0.1) is 0 Å². The van der Waals surface area contributed by atoms with Crippen LogP contribution in [0.25, 0.3) is 0 Å². The lowest BCUT2D eigenvalue weighted by Gasteiger charge is -2.14. The van der Waals surface area contributed by atoms with Crippen molar-refractivity contribution < 1.29 is 22.8 Å². The van der Waals surface area contributed by atoms with Crippen LogP contribution in [0.3, 0.4) is 0 Å². The van der Waals surface area contributed by atoms with Crippen LogP contribution < -0.4 is 0 Å². The van der Waals surface area contributed by atoms with Crippen molar-refractivity contribution in [3.05, 3.63) is 34.4 Å².